The Bertz CT molecular complexity index is 363. The van der Waals surface area contributed by atoms with Gasteiger partial charge >= 0.3 is 0 Å². The Kier molecular flexibility index (Phi) is 4.30. The maximum atomic E-state index is 6.22. The zero-order valence-electron chi connectivity index (χ0n) is 10.6. The molecule has 0 aromatic heterocycles. The molecule has 2 nitrogen and oxygen atoms in total. The minimum atomic E-state index is 0.660. The van der Waals surface area contributed by atoms with E-state index < -0.39 is 0 Å². The molecule has 17 heavy (non-hydrogen) atoms. The molecule has 1 aromatic rings. The van der Waals surface area contributed by atoms with Crippen LogP contribution < -0.4 is 10.1 Å². The number of halogens is 1. The molecular weight excluding hydrogens is 234 g/mol. The lowest BCUT2D eigenvalue weighted by atomic mass is 9.99. The Hall–Kier alpha value is -0.730. The largest absolute Gasteiger partial charge is 0.491 e. The van der Waals surface area contributed by atoms with Gasteiger partial charge in [0.25, 0.3) is 0 Å². The molecule has 1 heterocycles. The molecule has 1 aliphatic heterocycles. The summed E-state index contributed by atoms with van der Waals surface area (Å²) in [4.78, 5) is 0. The van der Waals surface area contributed by atoms with E-state index in [4.69, 9.17) is 16.3 Å². The van der Waals surface area contributed by atoms with Crippen LogP contribution in [0.4, 0.5) is 0 Å². The number of rotatable bonds is 3. The van der Waals surface area contributed by atoms with Crippen molar-refractivity contribution in [2.75, 3.05) is 19.7 Å². The van der Waals surface area contributed by atoms with Gasteiger partial charge in [-0.2, -0.15) is 0 Å². The zero-order valence-corrected chi connectivity index (χ0v) is 11.3. The number of aryl methyl sites for hydroxylation is 2. The lowest BCUT2D eigenvalue weighted by Crippen LogP contribution is -2.30. The van der Waals surface area contributed by atoms with E-state index in [9.17, 15) is 0 Å². The highest BCUT2D eigenvalue weighted by molar-refractivity contribution is 6.32. The van der Waals surface area contributed by atoms with Crippen LogP contribution in [0.5, 0.6) is 5.75 Å². The second-order valence-corrected chi connectivity index (χ2v) is 5.30. The zero-order chi connectivity index (χ0) is 12.3. The van der Waals surface area contributed by atoms with Gasteiger partial charge < -0.3 is 10.1 Å². The van der Waals surface area contributed by atoms with Crippen LogP contribution in [0.3, 0.4) is 0 Å². The van der Waals surface area contributed by atoms with E-state index in [0.717, 1.165) is 36.0 Å². The molecule has 3 heteroatoms. The fraction of sp³-hybridized carbons (Fsp3) is 0.571. The van der Waals surface area contributed by atoms with Gasteiger partial charge in [0, 0.05) is 0 Å². The molecule has 0 aliphatic carbocycles. The summed E-state index contributed by atoms with van der Waals surface area (Å²) < 4.78 is 5.90. The lowest BCUT2D eigenvalue weighted by Gasteiger charge is -2.23. The Balaban J connectivity index is 1.98. The Morgan fingerprint density at radius 1 is 1.29 bits per heavy atom. The smallest absolute Gasteiger partial charge is 0.140 e. The molecule has 1 N–H and O–H groups in total. The molecule has 0 saturated carbocycles. The van der Waals surface area contributed by atoms with Crippen molar-refractivity contribution in [3.63, 3.8) is 0 Å². The van der Waals surface area contributed by atoms with E-state index in [1.165, 1.54) is 18.4 Å². The monoisotopic (exact) mass is 253 g/mol. The quantitative estimate of drug-likeness (QED) is 0.892. The fourth-order valence-electron chi connectivity index (χ4n) is 2.33. The highest BCUT2D eigenvalue weighted by Gasteiger charge is 2.15. The first kappa shape index (κ1) is 12.7. The number of ether oxygens (including phenoxy) is 1. The van der Waals surface area contributed by atoms with Crippen molar-refractivity contribution in [3.05, 3.63) is 28.3 Å². The third kappa shape index (κ3) is 3.36. The van der Waals surface area contributed by atoms with Crippen molar-refractivity contribution in [3.8, 4) is 5.75 Å². The van der Waals surface area contributed by atoms with E-state index in [0.29, 0.717) is 5.92 Å². The van der Waals surface area contributed by atoms with Crippen molar-refractivity contribution in [2.24, 2.45) is 5.92 Å². The van der Waals surface area contributed by atoms with Gasteiger partial charge in [-0.1, -0.05) is 17.7 Å². The predicted molar refractivity (Wildman–Crippen MR) is 72.0 cm³/mol. The van der Waals surface area contributed by atoms with Gasteiger partial charge in [-0.3, -0.25) is 0 Å². The molecule has 1 fully saturated rings. The average molecular weight is 254 g/mol. The number of piperidine rings is 1. The Morgan fingerprint density at radius 3 is 2.65 bits per heavy atom. The summed E-state index contributed by atoms with van der Waals surface area (Å²) in [5.41, 5.74) is 2.31. The van der Waals surface area contributed by atoms with E-state index in [-0.39, 0.29) is 0 Å². The number of nitrogens with one attached hydrogen (secondary N) is 1. The second-order valence-electron chi connectivity index (χ2n) is 4.90. The maximum Gasteiger partial charge on any atom is 0.140 e. The fourth-order valence-corrected chi connectivity index (χ4v) is 2.71. The van der Waals surface area contributed by atoms with Gasteiger partial charge in [0.1, 0.15) is 5.75 Å². The molecule has 0 spiro atoms. The molecule has 0 unspecified atom stereocenters. The minimum Gasteiger partial charge on any atom is -0.491 e. The van der Waals surface area contributed by atoms with E-state index >= 15 is 0 Å². The molecule has 1 aromatic carbocycles. The first-order valence-corrected chi connectivity index (χ1v) is 6.65. The summed E-state index contributed by atoms with van der Waals surface area (Å²) in [6.45, 7) is 7.10. The van der Waals surface area contributed by atoms with Crippen LogP contribution in [0.1, 0.15) is 24.0 Å². The molecule has 1 saturated heterocycles. The third-order valence-electron chi connectivity index (χ3n) is 3.30. The second kappa shape index (κ2) is 5.74. The number of benzene rings is 1. The van der Waals surface area contributed by atoms with E-state index in [2.05, 4.69) is 25.2 Å². The topological polar surface area (TPSA) is 21.3 Å². The summed E-state index contributed by atoms with van der Waals surface area (Å²) in [5.74, 6) is 1.52. The normalized spacial score (nSPS) is 17.1. The van der Waals surface area contributed by atoms with Crippen molar-refractivity contribution in [2.45, 2.75) is 26.7 Å². The SMILES string of the molecule is Cc1cc(C)c(OCC2CCNCC2)c(Cl)c1. The third-order valence-corrected chi connectivity index (χ3v) is 3.58. The Morgan fingerprint density at radius 2 is 2.00 bits per heavy atom. The average Bonchev–Trinajstić information content (AvgIpc) is 2.29. The van der Waals surface area contributed by atoms with Gasteiger partial charge in [0.2, 0.25) is 0 Å². The molecule has 0 atom stereocenters. The molecule has 94 valence electrons. The van der Waals surface area contributed by atoms with Crippen molar-refractivity contribution in [1.29, 1.82) is 0 Å². The van der Waals surface area contributed by atoms with Crippen LogP contribution in [0.2, 0.25) is 5.02 Å². The van der Waals surface area contributed by atoms with E-state index in [1.54, 1.807) is 0 Å². The van der Waals surface area contributed by atoms with Crippen molar-refractivity contribution in [1.82, 2.24) is 5.32 Å². The first-order chi connectivity index (χ1) is 8.16. The van der Waals surface area contributed by atoms with Gasteiger partial charge in [-0.25, -0.2) is 0 Å². The lowest BCUT2D eigenvalue weighted by molar-refractivity contribution is 0.214. The van der Waals surface area contributed by atoms with Crippen molar-refractivity contribution < 1.29 is 4.74 Å². The maximum absolute atomic E-state index is 6.22. The highest BCUT2D eigenvalue weighted by atomic mass is 35.5. The van der Waals surface area contributed by atoms with Crippen LogP contribution in [-0.2, 0) is 0 Å². The Labute approximate surface area is 108 Å². The molecule has 2 rings (SSSR count). The summed E-state index contributed by atoms with van der Waals surface area (Å²) in [6, 6.07) is 4.08. The summed E-state index contributed by atoms with van der Waals surface area (Å²) in [7, 11) is 0. The van der Waals surface area contributed by atoms with Crippen LogP contribution in [-0.4, -0.2) is 19.7 Å². The van der Waals surface area contributed by atoms with Crippen LogP contribution in [0.15, 0.2) is 12.1 Å². The van der Waals surface area contributed by atoms with E-state index in [1.807, 2.05) is 6.07 Å². The predicted octanol–water partition coefficient (Wildman–Crippen LogP) is 3.34. The molecule has 0 bridgehead atoms. The standard InChI is InChI=1S/C14H20ClNO/c1-10-7-11(2)14(13(15)8-10)17-9-12-3-5-16-6-4-12/h7-8,12,16H,3-6,9H2,1-2H3. The first-order valence-electron chi connectivity index (χ1n) is 6.27. The highest BCUT2D eigenvalue weighted by Crippen LogP contribution is 2.30. The summed E-state index contributed by atoms with van der Waals surface area (Å²) in [6.07, 6.45) is 2.39. The molecule has 1 aliphatic rings. The van der Waals surface area contributed by atoms with Crippen LogP contribution >= 0.6 is 11.6 Å². The summed E-state index contributed by atoms with van der Waals surface area (Å²) >= 11 is 6.22. The van der Waals surface area contributed by atoms with Crippen molar-refractivity contribution >= 4 is 11.6 Å². The molecule has 0 amide bonds. The van der Waals surface area contributed by atoms with Gasteiger partial charge in [-0.05, 0) is 62.9 Å². The number of hydrogen-bond donors (Lipinski definition) is 1. The van der Waals surface area contributed by atoms with Gasteiger partial charge in [0.05, 0.1) is 11.6 Å². The van der Waals surface area contributed by atoms with Gasteiger partial charge in [0.15, 0.2) is 0 Å². The number of hydrogen-bond acceptors (Lipinski definition) is 2. The molecule has 0 radical (unpaired) electrons. The molecular formula is C14H20ClNO. The van der Waals surface area contributed by atoms with Crippen LogP contribution in [0.25, 0.3) is 0 Å². The van der Waals surface area contributed by atoms with Crippen LogP contribution in [0, 0.1) is 19.8 Å². The van der Waals surface area contributed by atoms with Gasteiger partial charge in [-0.15, -0.1) is 0 Å². The minimum absolute atomic E-state index is 0.660. The summed E-state index contributed by atoms with van der Waals surface area (Å²) in [5, 5.41) is 4.09.